The van der Waals surface area contributed by atoms with Gasteiger partial charge >= 0.3 is 5.97 Å². The third-order valence-electron chi connectivity index (χ3n) is 5.36. The molecule has 2 rings (SSSR count). The van der Waals surface area contributed by atoms with Crippen LogP contribution in [0, 0.1) is 0 Å². The summed E-state index contributed by atoms with van der Waals surface area (Å²) in [5, 5.41) is 9.16. The number of amidine groups is 1. The molecule has 8 nitrogen and oxygen atoms in total. The summed E-state index contributed by atoms with van der Waals surface area (Å²) in [4.78, 5) is 31.0. The second-order valence-electron chi connectivity index (χ2n) is 8.13. The Morgan fingerprint density at radius 2 is 2.00 bits per heavy atom. The van der Waals surface area contributed by atoms with Crippen LogP contribution in [0.25, 0.3) is 5.57 Å². The maximum atomic E-state index is 13.1. The summed E-state index contributed by atoms with van der Waals surface area (Å²) in [5.41, 5.74) is 15.4. The minimum Gasteiger partial charge on any atom is -0.450 e. The third-order valence-corrected chi connectivity index (χ3v) is 5.36. The van der Waals surface area contributed by atoms with Gasteiger partial charge in [-0.05, 0) is 35.6 Å². The standard InChI is InChI=1S/C27H36N4O4/c1-3-6-22(21-9-7-20(8-10-21)16-26(33)35-19-28)17-24-12-11-23(18-25(29)30-24)27(34)31(13-4-2)14-5-15-32/h3,6-11,17,32H,1,4-5,12-16,18-19,28H2,2H3,(H2,29,30)/b22-6+,24-17+. The van der Waals surface area contributed by atoms with Crippen LogP contribution >= 0.6 is 0 Å². The van der Waals surface area contributed by atoms with E-state index in [1.165, 1.54) is 0 Å². The summed E-state index contributed by atoms with van der Waals surface area (Å²) in [7, 11) is 0. The largest absolute Gasteiger partial charge is 0.450 e. The van der Waals surface area contributed by atoms with Gasteiger partial charge in [-0.1, -0.05) is 56.0 Å². The van der Waals surface area contributed by atoms with E-state index in [1.807, 2.05) is 49.4 Å². The number of carbonyl (C=O) groups excluding carboxylic acids is 2. The summed E-state index contributed by atoms with van der Waals surface area (Å²) >= 11 is 0. The number of esters is 1. The van der Waals surface area contributed by atoms with Crippen molar-refractivity contribution in [2.24, 2.45) is 16.5 Å². The Balaban J connectivity index is 2.24. The Labute approximate surface area is 207 Å². The van der Waals surface area contributed by atoms with Gasteiger partial charge in [0.1, 0.15) is 12.6 Å². The first-order valence-corrected chi connectivity index (χ1v) is 11.8. The fourth-order valence-corrected chi connectivity index (χ4v) is 3.73. The zero-order valence-corrected chi connectivity index (χ0v) is 20.4. The number of nitrogens with zero attached hydrogens (tertiary/aromatic N) is 2. The Morgan fingerprint density at radius 1 is 1.26 bits per heavy atom. The molecule has 1 amide bonds. The predicted molar refractivity (Wildman–Crippen MR) is 139 cm³/mol. The maximum absolute atomic E-state index is 13.1. The Morgan fingerprint density at radius 3 is 2.63 bits per heavy atom. The van der Waals surface area contributed by atoms with Gasteiger partial charge in [0.15, 0.2) is 0 Å². The molecule has 0 aromatic heterocycles. The highest BCUT2D eigenvalue weighted by Gasteiger charge is 2.20. The van der Waals surface area contributed by atoms with E-state index in [0.29, 0.717) is 37.3 Å². The number of aliphatic hydroxyl groups is 1. The van der Waals surface area contributed by atoms with Crippen LogP contribution in [0.5, 0.6) is 0 Å². The van der Waals surface area contributed by atoms with Crippen LogP contribution in [0.4, 0.5) is 0 Å². The number of ether oxygens (including phenoxy) is 1. The molecule has 1 aliphatic heterocycles. The van der Waals surface area contributed by atoms with Crippen LogP contribution in [-0.2, 0) is 20.7 Å². The third kappa shape index (κ3) is 8.99. The van der Waals surface area contributed by atoms with Gasteiger partial charge in [0, 0.05) is 43.8 Å². The highest BCUT2D eigenvalue weighted by Crippen LogP contribution is 2.24. The van der Waals surface area contributed by atoms with Crippen LogP contribution < -0.4 is 11.5 Å². The molecule has 1 aromatic rings. The molecule has 0 spiro atoms. The second kappa shape index (κ2) is 14.7. The van der Waals surface area contributed by atoms with Crippen LogP contribution in [0.2, 0.25) is 0 Å². The zero-order valence-electron chi connectivity index (χ0n) is 20.4. The van der Waals surface area contributed by atoms with Gasteiger partial charge in [0.2, 0.25) is 5.91 Å². The molecular formula is C27H36N4O4. The summed E-state index contributed by atoms with van der Waals surface area (Å²) in [6.45, 7) is 6.86. The number of hydrogen-bond donors (Lipinski definition) is 3. The van der Waals surface area contributed by atoms with Gasteiger partial charge in [-0.2, -0.15) is 0 Å². The number of carbonyl (C=O) groups is 2. The lowest BCUT2D eigenvalue weighted by molar-refractivity contribution is -0.142. The molecule has 1 aliphatic rings. The van der Waals surface area contributed by atoms with E-state index in [2.05, 4.69) is 11.6 Å². The van der Waals surface area contributed by atoms with Crippen molar-refractivity contribution in [3.05, 3.63) is 77.5 Å². The first kappa shape index (κ1) is 27.8. The van der Waals surface area contributed by atoms with Gasteiger partial charge in [0.25, 0.3) is 0 Å². The van der Waals surface area contributed by atoms with E-state index < -0.39 is 0 Å². The Bertz CT molecular complexity index is 1010. The molecular weight excluding hydrogens is 444 g/mol. The topological polar surface area (TPSA) is 131 Å². The normalized spacial score (nSPS) is 15.2. The van der Waals surface area contributed by atoms with Crippen molar-refractivity contribution in [1.82, 2.24) is 4.90 Å². The predicted octanol–water partition coefficient (Wildman–Crippen LogP) is 2.84. The quantitative estimate of drug-likeness (QED) is 0.239. The van der Waals surface area contributed by atoms with Gasteiger partial charge in [-0.3, -0.25) is 15.3 Å². The molecule has 0 unspecified atom stereocenters. The maximum Gasteiger partial charge on any atom is 0.311 e. The Kier molecular flexibility index (Phi) is 11.7. The molecule has 1 heterocycles. The van der Waals surface area contributed by atoms with Crippen LogP contribution in [-0.4, -0.2) is 54.1 Å². The molecule has 0 fully saturated rings. The molecule has 0 bridgehead atoms. The minimum atomic E-state index is -0.376. The van der Waals surface area contributed by atoms with Gasteiger partial charge in [0.05, 0.1) is 6.42 Å². The first-order chi connectivity index (χ1) is 16.9. The molecule has 1 aromatic carbocycles. The SMILES string of the molecule is C=C/C=C(\C=C1/CC=C(C(=O)N(CCC)CCCO)CC(N)=N1)c1ccc(CC(=O)OCN)cc1. The van der Waals surface area contributed by atoms with Crippen LogP contribution in [0.3, 0.4) is 0 Å². The van der Waals surface area contributed by atoms with Gasteiger partial charge in [-0.15, -0.1) is 0 Å². The van der Waals surface area contributed by atoms with E-state index in [4.69, 9.17) is 21.3 Å². The lowest BCUT2D eigenvalue weighted by Crippen LogP contribution is -2.35. The molecule has 188 valence electrons. The first-order valence-electron chi connectivity index (χ1n) is 11.8. The van der Waals surface area contributed by atoms with Crippen molar-refractivity contribution < 1.29 is 19.4 Å². The van der Waals surface area contributed by atoms with E-state index in [-0.39, 0.29) is 38.1 Å². The molecule has 8 heteroatoms. The van der Waals surface area contributed by atoms with Crippen molar-refractivity contribution in [2.75, 3.05) is 26.4 Å². The number of aliphatic imine (C=N–C) groups is 1. The summed E-state index contributed by atoms with van der Waals surface area (Å²) in [6, 6.07) is 7.54. The molecule has 0 saturated carbocycles. The average Bonchev–Trinajstić information content (AvgIpc) is 3.02. The fraction of sp³-hybridized carbons (Fsp3) is 0.370. The van der Waals surface area contributed by atoms with Gasteiger partial charge in [-0.25, -0.2) is 4.99 Å². The smallest absolute Gasteiger partial charge is 0.311 e. The van der Waals surface area contributed by atoms with Crippen molar-refractivity contribution in [1.29, 1.82) is 0 Å². The number of nitrogens with two attached hydrogens (primary N) is 2. The molecule has 0 radical (unpaired) electrons. The van der Waals surface area contributed by atoms with E-state index in [0.717, 1.165) is 28.8 Å². The summed E-state index contributed by atoms with van der Waals surface area (Å²) in [6.07, 6.45) is 9.63. The van der Waals surface area contributed by atoms with Crippen LogP contribution in [0.1, 0.15) is 43.7 Å². The molecule has 35 heavy (non-hydrogen) atoms. The monoisotopic (exact) mass is 480 g/mol. The number of aliphatic hydroxyl groups excluding tert-OH is 1. The Hall–Kier alpha value is -3.49. The number of allylic oxidation sites excluding steroid dienone is 5. The van der Waals surface area contributed by atoms with E-state index >= 15 is 0 Å². The lowest BCUT2D eigenvalue weighted by Gasteiger charge is -2.23. The number of hydrogen-bond acceptors (Lipinski definition) is 7. The zero-order chi connectivity index (χ0) is 25.6. The van der Waals surface area contributed by atoms with Crippen molar-refractivity contribution in [3.8, 4) is 0 Å². The lowest BCUT2D eigenvalue weighted by atomic mass is 10.0. The number of rotatable bonds is 12. The number of benzene rings is 1. The minimum absolute atomic E-state index is 0.0419. The molecule has 0 aliphatic carbocycles. The van der Waals surface area contributed by atoms with Crippen LogP contribution in [0.15, 0.2) is 71.4 Å². The fourth-order valence-electron chi connectivity index (χ4n) is 3.73. The summed E-state index contributed by atoms with van der Waals surface area (Å²) in [5.74, 6) is -0.0672. The van der Waals surface area contributed by atoms with Crippen molar-refractivity contribution in [3.63, 3.8) is 0 Å². The highest BCUT2D eigenvalue weighted by molar-refractivity contribution is 6.00. The van der Waals surface area contributed by atoms with E-state index in [9.17, 15) is 9.59 Å². The van der Waals surface area contributed by atoms with Crippen molar-refractivity contribution >= 4 is 23.3 Å². The van der Waals surface area contributed by atoms with E-state index in [1.54, 1.807) is 11.0 Å². The molecule has 0 atom stereocenters. The highest BCUT2D eigenvalue weighted by atomic mass is 16.5. The second-order valence-corrected chi connectivity index (χ2v) is 8.13. The number of amides is 1. The summed E-state index contributed by atoms with van der Waals surface area (Å²) < 4.78 is 4.79. The molecule has 0 saturated heterocycles. The van der Waals surface area contributed by atoms with Gasteiger partial charge < -0.3 is 20.5 Å². The molecule has 5 N–H and O–H groups in total. The average molecular weight is 481 g/mol. The van der Waals surface area contributed by atoms with Crippen molar-refractivity contribution in [2.45, 2.75) is 39.0 Å².